The Morgan fingerprint density at radius 1 is 1.04 bits per heavy atom. The molecule has 0 aliphatic carbocycles. The lowest BCUT2D eigenvalue weighted by Gasteiger charge is -2.35. The van der Waals surface area contributed by atoms with Crippen LogP contribution < -0.4 is 11.3 Å². The molecule has 0 spiro atoms. The lowest BCUT2D eigenvalue weighted by molar-refractivity contribution is -0.132. The van der Waals surface area contributed by atoms with Gasteiger partial charge >= 0.3 is 0 Å². The molecule has 1 aromatic rings. The first-order valence-electron chi connectivity index (χ1n) is 7.94. The number of benzene rings is 1. The second kappa shape index (κ2) is 9.03. The van der Waals surface area contributed by atoms with Gasteiger partial charge in [0.2, 0.25) is 11.8 Å². The molecule has 136 valence electrons. The number of halogens is 2. The number of amides is 3. The van der Waals surface area contributed by atoms with Crippen LogP contribution in [0.2, 0.25) is 10.0 Å². The van der Waals surface area contributed by atoms with Crippen LogP contribution >= 0.6 is 23.2 Å². The van der Waals surface area contributed by atoms with Gasteiger partial charge in [0.15, 0.2) is 0 Å². The highest BCUT2D eigenvalue weighted by atomic mass is 35.5. The number of nitrogens with one attached hydrogen (secondary N) is 1. The van der Waals surface area contributed by atoms with Crippen molar-refractivity contribution in [3.05, 3.63) is 33.8 Å². The van der Waals surface area contributed by atoms with Crippen LogP contribution in [0.25, 0.3) is 0 Å². The largest absolute Gasteiger partial charge is 0.339 e. The Bertz CT molecular complexity index is 661. The number of hydrogen-bond acceptors (Lipinski definition) is 4. The molecule has 25 heavy (non-hydrogen) atoms. The van der Waals surface area contributed by atoms with Gasteiger partial charge in [0.25, 0.3) is 5.91 Å². The van der Waals surface area contributed by atoms with Crippen molar-refractivity contribution in [2.24, 2.45) is 5.84 Å². The molecule has 0 unspecified atom stereocenters. The van der Waals surface area contributed by atoms with Gasteiger partial charge in [0.1, 0.15) is 0 Å². The third-order valence-corrected chi connectivity index (χ3v) is 4.58. The number of piperazine rings is 1. The van der Waals surface area contributed by atoms with Gasteiger partial charge in [0.05, 0.1) is 10.6 Å². The van der Waals surface area contributed by atoms with E-state index < -0.39 is 0 Å². The molecule has 7 nitrogen and oxygen atoms in total. The summed E-state index contributed by atoms with van der Waals surface area (Å²) in [6.45, 7) is 1.79. The number of nitrogens with two attached hydrogens (primary N) is 1. The Labute approximate surface area is 156 Å². The van der Waals surface area contributed by atoms with Gasteiger partial charge < -0.3 is 9.80 Å². The molecule has 3 N–H and O–H groups in total. The van der Waals surface area contributed by atoms with Crippen LogP contribution in [0.5, 0.6) is 0 Å². The van der Waals surface area contributed by atoms with Gasteiger partial charge in [-0.2, -0.15) is 0 Å². The minimum atomic E-state index is -0.289. The Kier molecular flexibility index (Phi) is 7.04. The van der Waals surface area contributed by atoms with E-state index in [0.29, 0.717) is 48.2 Å². The molecule has 0 bridgehead atoms. The van der Waals surface area contributed by atoms with Crippen molar-refractivity contribution in [1.82, 2.24) is 15.2 Å². The van der Waals surface area contributed by atoms with E-state index in [1.165, 1.54) is 6.07 Å². The molecule has 1 fully saturated rings. The van der Waals surface area contributed by atoms with Crippen molar-refractivity contribution in [2.45, 2.75) is 19.3 Å². The zero-order valence-corrected chi connectivity index (χ0v) is 15.1. The minimum Gasteiger partial charge on any atom is -0.339 e. The van der Waals surface area contributed by atoms with E-state index in [-0.39, 0.29) is 30.6 Å². The SMILES string of the molecule is NNC(=O)CCCC(=O)N1CCN(C(=O)c2ccc(Cl)cc2Cl)CC1. The van der Waals surface area contributed by atoms with E-state index in [9.17, 15) is 14.4 Å². The van der Waals surface area contributed by atoms with Crippen LogP contribution in [-0.4, -0.2) is 53.7 Å². The van der Waals surface area contributed by atoms with Crippen LogP contribution in [0.3, 0.4) is 0 Å². The molecule has 9 heteroatoms. The number of carbonyl (C=O) groups excluding carboxylic acids is 3. The van der Waals surface area contributed by atoms with E-state index in [1.54, 1.807) is 21.9 Å². The van der Waals surface area contributed by atoms with Crippen molar-refractivity contribution < 1.29 is 14.4 Å². The molecule has 0 aromatic heterocycles. The number of hydrazine groups is 1. The Morgan fingerprint density at radius 3 is 2.28 bits per heavy atom. The molecule has 1 aliphatic rings. The zero-order chi connectivity index (χ0) is 18.4. The Balaban J connectivity index is 1.83. The normalized spacial score (nSPS) is 14.4. The number of carbonyl (C=O) groups is 3. The molecule has 2 rings (SSSR count). The maximum atomic E-state index is 12.5. The van der Waals surface area contributed by atoms with E-state index in [2.05, 4.69) is 0 Å². The first-order chi connectivity index (χ1) is 11.9. The van der Waals surface area contributed by atoms with Crippen LogP contribution in [0.15, 0.2) is 18.2 Å². The van der Waals surface area contributed by atoms with Gasteiger partial charge in [-0.1, -0.05) is 23.2 Å². The molecule has 0 radical (unpaired) electrons. The highest BCUT2D eigenvalue weighted by molar-refractivity contribution is 6.36. The van der Waals surface area contributed by atoms with Crippen molar-refractivity contribution in [3.8, 4) is 0 Å². The predicted molar refractivity (Wildman–Crippen MR) is 95.1 cm³/mol. The predicted octanol–water partition coefficient (Wildman–Crippen LogP) is 1.44. The van der Waals surface area contributed by atoms with Crippen molar-refractivity contribution in [1.29, 1.82) is 0 Å². The lowest BCUT2D eigenvalue weighted by Crippen LogP contribution is -2.50. The molecule has 1 aliphatic heterocycles. The standard InChI is InChI=1S/C16H20Cl2N4O3/c17-11-4-5-12(13(18)10-11)16(25)22-8-6-21(7-9-22)15(24)3-1-2-14(23)20-19/h4-5,10H,1-3,6-9,19H2,(H,20,23). The fourth-order valence-electron chi connectivity index (χ4n) is 2.62. The third-order valence-electron chi connectivity index (χ3n) is 4.04. The van der Waals surface area contributed by atoms with Crippen molar-refractivity contribution >= 4 is 40.9 Å². The summed E-state index contributed by atoms with van der Waals surface area (Å²) in [5.41, 5.74) is 2.43. The fourth-order valence-corrected chi connectivity index (χ4v) is 3.11. The maximum absolute atomic E-state index is 12.5. The summed E-state index contributed by atoms with van der Waals surface area (Å²) in [6, 6.07) is 4.76. The highest BCUT2D eigenvalue weighted by Gasteiger charge is 2.25. The Morgan fingerprint density at radius 2 is 1.68 bits per heavy atom. The molecular formula is C16H20Cl2N4O3. The summed E-state index contributed by atoms with van der Waals surface area (Å²) < 4.78 is 0. The first-order valence-corrected chi connectivity index (χ1v) is 8.69. The lowest BCUT2D eigenvalue weighted by atomic mass is 10.1. The van der Waals surface area contributed by atoms with Crippen LogP contribution in [0, 0.1) is 0 Å². The van der Waals surface area contributed by atoms with Gasteiger partial charge in [-0.25, -0.2) is 5.84 Å². The average molecular weight is 387 g/mol. The summed E-state index contributed by atoms with van der Waals surface area (Å²) in [4.78, 5) is 39.1. The van der Waals surface area contributed by atoms with Crippen LogP contribution in [0.4, 0.5) is 0 Å². The molecule has 0 atom stereocenters. The van der Waals surface area contributed by atoms with Crippen molar-refractivity contribution in [2.75, 3.05) is 26.2 Å². The average Bonchev–Trinajstić information content (AvgIpc) is 2.61. The summed E-state index contributed by atoms with van der Waals surface area (Å²) in [5.74, 6) is 4.51. The molecular weight excluding hydrogens is 367 g/mol. The van der Waals surface area contributed by atoms with Crippen LogP contribution in [0.1, 0.15) is 29.6 Å². The smallest absolute Gasteiger partial charge is 0.255 e. The maximum Gasteiger partial charge on any atom is 0.255 e. The molecule has 3 amide bonds. The molecule has 1 saturated heterocycles. The first kappa shape index (κ1) is 19.5. The van der Waals surface area contributed by atoms with E-state index in [1.807, 2.05) is 5.43 Å². The minimum absolute atomic E-state index is 0.0264. The van der Waals surface area contributed by atoms with Gasteiger partial charge in [-0.15, -0.1) is 0 Å². The highest BCUT2D eigenvalue weighted by Crippen LogP contribution is 2.23. The molecule has 1 aromatic carbocycles. The topological polar surface area (TPSA) is 95.7 Å². The summed E-state index contributed by atoms with van der Waals surface area (Å²) in [7, 11) is 0. The van der Waals surface area contributed by atoms with Gasteiger partial charge in [-0.3, -0.25) is 19.8 Å². The van der Waals surface area contributed by atoms with Crippen molar-refractivity contribution in [3.63, 3.8) is 0 Å². The molecule has 0 saturated carbocycles. The van der Waals surface area contributed by atoms with E-state index >= 15 is 0 Å². The molecule has 1 heterocycles. The van der Waals surface area contributed by atoms with Gasteiger partial charge in [-0.05, 0) is 24.6 Å². The van der Waals surface area contributed by atoms with Gasteiger partial charge in [0, 0.05) is 44.0 Å². The van der Waals surface area contributed by atoms with E-state index in [0.717, 1.165) is 0 Å². The number of nitrogens with zero attached hydrogens (tertiary/aromatic N) is 2. The van der Waals surface area contributed by atoms with Crippen LogP contribution in [-0.2, 0) is 9.59 Å². The second-order valence-corrected chi connectivity index (χ2v) is 6.56. The van der Waals surface area contributed by atoms with E-state index in [4.69, 9.17) is 29.0 Å². The fraction of sp³-hybridized carbons (Fsp3) is 0.438. The third kappa shape index (κ3) is 5.32. The zero-order valence-electron chi connectivity index (χ0n) is 13.6. The monoisotopic (exact) mass is 386 g/mol. The summed E-state index contributed by atoms with van der Waals surface area (Å²) in [6.07, 6.45) is 0.946. The quantitative estimate of drug-likeness (QED) is 0.454. The summed E-state index contributed by atoms with van der Waals surface area (Å²) >= 11 is 11.9. The number of hydrogen-bond donors (Lipinski definition) is 2. The second-order valence-electron chi connectivity index (χ2n) is 5.72. The Hall–Kier alpha value is -1.83. The number of rotatable bonds is 5. The summed E-state index contributed by atoms with van der Waals surface area (Å²) in [5, 5.41) is 0.787.